The Morgan fingerprint density at radius 2 is 0.432 bits per heavy atom. The Balaban J connectivity index is 2.20. The van der Waals surface area contributed by atoms with Crippen LogP contribution in [0.15, 0.2) is 121 Å². The summed E-state index contributed by atoms with van der Waals surface area (Å²) in [6.07, 6.45) is 0. The van der Waals surface area contributed by atoms with Gasteiger partial charge in [-0.15, -0.1) is 0 Å². The Labute approximate surface area is 226 Å². The van der Waals surface area contributed by atoms with Gasteiger partial charge >= 0.3 is 228 Å². The Morgan fingerprint density at radius 1 is 0.297 bits per heavy atom. The van der Waals surface area contributed by atoms with Crippen LogP contribution in [0.25, 0.3) is 0 Å². The quantitative estimate of drug-likeness (QED) is 0.194. The molecule has 0 spiro atoms. The van der Waals surface area contributed by atoms with Gasteiger partial charge in [-0.2, -0.15) is 0 Å². The molecule has 0 aliphatic heterocycles. The fourth-order valence-electron chi connectivity index (χ4n) is 5.67. The third-order valence-electron chi connectivity index (χ3n) is 7.91. The van der Waals surface area contributed by atoms with E-state index in [0.29, 0.717) is 0 Å². The molecule has 37 heavy (non-hydrogen) atoms. The molecule has 188 valence electrons. The topological polar surface area (TPSA) is 0 Å². The number of halogens is 1. The van der Waals surface area contributed by atoms with Gasteiger partial charge in [-0.25, -0.2) is 0 Å². The van der Waals surface area contributed by atoms with E-state index >= 15 is 0 Å². The van der Waals surface area contributed by atoms with Crippen molar-refractivity contribution in [3.8, 4) is 0 Å². The van der Waals surface area contributed by atoms with Crippen LogP contribution in [0, 0.1) is 34.6 Å². The van der Waals surface area contributed by atoms with E-state index in [1.54, 1.807) is 0 Å². The molecule has 5 aromatic carbocycles. The Morgan fingerprint density at radius 3 is 0.568 bits per heavy atom. The maximum atomic E-state index is 4.95. The van der Waals surface area contributed by atoms with E-state index in [2.05, 4.69) is 156 Å². The van der Waals surface area contributed by atoms with Crippen LogP contribution in [0.4, 0.5) is 0 Å². The second kappa shape index (κ2) is 8.99. The molecule has 0 unspecified atom stereocenters. The molecule has 0 N–H and O–H groups in total. The average molecular weight is 663 g/mol. The molecule has 0 aliphatic rings. The van der Waals surface area contributed by atoms with Gasteiger partial charge in [0.1, 0.15) is 0 Å². The fraction of sp³-hybridized carbons (Fsp3) is 0.143. The zero-order chi connectivity index (χ0) is 26.3. The van der Waals surface area contributed by atoms with E-state index in [-0.39, 0.29) is 0 Å². The predicted octanol–water partition coefficient (Wildman–Crippen LogP) is 6.31. The molecule has 0 saturated carbocycles. The second-order valence-electron chi connectivity index (χ2n) is 10.5. The van der Waals surface area contributed by atoms with Crippen molar-refractivity contribution in [2.75, 3.05) is 0 Å². The van der Waals surface area contributed by atoms with Crippen molar-refractivity contribution in [2.24, 2.45) is 0 Å². The predicted molar refractivity (Wildman–Crippen MR) is 169 cm³/mol. The molecule has 0 bridgehead atoms. The van der Waals surface area contributed by atoms with Gasteiger partial charge in [-0.1, -0.05) is 0 Å². The molecule has 0 saturated heterocycles. The molecule has 0 fully saturated rings. The number of aryl methyl sites for hydroxylation is 5. The summed E-state index contributed by atoms with van der Waals surface area (Å²) >= 11 is -0.406. The summed E-state index contributed by atoms with van der Waals surface area (Å²) in [6.45, 7) is 10.8. The summed E-state index contributed by atoms with van der Waals surface area (Å²) < 4.78 is 6.63. The van der Waals surface area contributed by atoms with Crippen LogP contribution in [-0.2, 0) is 0 Å². The van der Waals surface area contributed by atoms with Crippen LogP contribution in [-0.4, -0.2) is 13.2 Å². The van der Waals surface area contributed by atoms with Crippen LogP contribution in [0.3, 0.4) is 0 Å². The first-order valence-electron chi connectivity index (χ1n) is 12.8. The summed E-state index contributed by atoms with van der Waals surface area (Å²) in [6, 6.07) is 46.4. The Hall–Kier alpha value is -2.63. The maximum absolute atomic E-state index is 5.36. The second-order valence-corrected chi connectivity index (χ2v) is 36.1. The number of hydrogen-bond donors (Lipinski definition) is 0. The van der Waals surface area contributed by atoms with Crippen LogP contribution < -0.4 is 18.1 Å². The van der Waals surface area contributed by atoms with Crippen LogP contribution in [0.5, 0.6) is 0 Å². The van der Waals surface area contributed by atoms with E-state index in [1.807, 2.05) is 0 Å². The van der Waals surface area contributed by atoms with Crippen LogP contribution in [0.1, 0.15) is 27.8 Å². The molecule has 0 aliphatic carbocycles. The van der Waals surface area contributed by atoms with E-state index in [4.69, 9.17) is 12.8 Å². The summed E-state index contributed by atoms with van der Waals surface area (Å²) in [7, 11) is 0. The van der Waals surface area contributed by atoms with Gasteiger partial charge < -0.3 is 0 Å². The van der Waals surface area contributed by atoms with E-state index in [9.17, 15) is 0 Å². The van der Waals surface area contributed by atoms with Gasteiger partial charge in [-0.05, 0) is 0 Å². The minimum atomic E-state index is -5.36. The summed E-state index contributed by atoms with van der Waals surface area (Å²) in [5.41, 5.74) is 6.28. The first-order valence-corrected chi connectivity index (χ1v) is 23.8. The standard InChI is InChI=1S/C35H35BrTe/c1-26-6-16-31(17-7-26)37(36,32-18-8-27(2)9-19-32,33-20-10-28(3)11-21-33,34-22-12-29(4)13-23-34)35-24-14-30(5)15-25-35/h6-25H,1-5H3. The van der Waals surface area contributed by atoms with Crippen LogP contribution >= 0.6 is 12.8 Å². The van der Waals surface area contributed by atoms with Crippen molar-refractivity contribution in [3.05, 3.63) is 149 Å². The summed E-state index contributed by atoms with van der Waals surface area (Å²) in [5, 5.41) is 0. The van der Waals surface area contributed by atoms with E-state index in [1.165, 1.54) is 45.9 Å². The zero-order valence-corrected chi connectivity index (χ0v) is 26.2. The molecule has 5 aromatic rings. The molecular formula is C35H35BrTe. The number of benzene rings is 5. The molecule has 0 atom stereocenters. The molecule has 0 radical (unpaired) electrons. The monoisotopic (exact) mass is 664 g/mol. The fourth-order valence-corrected chi connectivity index (χ4v) is 31.9. The van der Waals surface area contributed by atoms with Crippen molar-refractivity contribution in [1.29, 1.82) is 0 Å². The van der Waals surface area contributed by atoms with Crippen molar-refractivity contribution in [2.45, 2.75) is 34.6 Å². The van der Waals surface area contributed by atoms with Gasteiger partial charge in [0.2, 0.25) is 0 Å². The SMILES string of the molecule is Cc1ccc([Te](Br)(c2ccc(C)cc2)(c2ccc(C)cc2)(c2ccc(C)cc2)c2ccc(C)cc2)cc1. The summed E-state index contributed by atoms with van der Waals surface area (Å²) in [4.78, 5) is 0. The van der Waals surface area contributed by atoms with Gasteiger partial charge in [0, 0.05) is 0 Å². The third-order valence-corrected chi connectivity index (χ3v) is 40.3. The molecule has 0 nitrogen and oxygen atoms in total. The van der Waals surface area contributed by atoms with Gasteiger partial charge in [0.05, 0.1) is 0 Å². The summed E-state index contributed by atoms with van der Waals surface area (Å²) in [5.74, 6) is 0. The molecule has 0 heterocycles. The van der Waals surface area contributed by atoms with Crippen molar-refractivity contribution < 1.29 is 0 Å². The van der Waals surface area contributed by atoms with E-state index < -0.39 is 13.2 Å². The van der Waals surface area contributed by atoms with Crippen molar-refractivity contribution >= 4 is 44.0 Å². The van der Waals surface area contributed by atoms with Gasteiger partial charge in [0.15, 0.2) is 0 Å². The van der Waals surface area contributed by atoms with Crippen molar-refractivity contribution in [3.63, 3.8) is 0 Å². The van der Waals surface area contributed by atoms with Gasteiger partial charge in [0.25, 0.3) is 0 Å². The normalized spacial score (nSPS) is 13.6. The molecular weight excluding hydrogens is 628 g/mol. The van der Waals surface area contributed by atoms with Crippen LogP contribution in [0.2, 0.25) is 0 Å². The zero-order valence-electron chi connectivity index (χ0n) is 22.3. The Kier molecular flexibility index (Phi) is 6.32. The van der Waals surface area contributed by atoms with Crippen molar-refractivity contribution in [1.82, 2.24) is 0 Å². The first kappa shape index (κ1) is 26.0. The Bertz CT molecular complexity index is 1270. The number of hydrogen-bond acceptors (Lipinski definition) is 0. The molecule has 2 heteroatoms. The molecule has 0 aromatic heterocycles. The van der Waals surface area contributed by atoms with Gasteiger partial charge in [-0.3, -0.25) is 0 Å². The molecule has 5 rings (SSSR count). The van der Waals surface area contributed by atoms with E-state index in [0.717, 1.165) is 0 Å². The number of rotatable bonds is 5. The minimum absolute atomic E-state index is 1.26. The average Bonchev–Trinajstić information content (AvgIpc) is 2.90. The molecule has 0 amide bonds. The third kappa shape index (κ3) is 3.46. The first-order chi connectivity index (χ1) is 17.6.